The van der Waals surface area contributed by atoms with Gasteiger partial charge in [-0.25, -0.2) is 18.3 Å². The van der Waals surface area contributed by atoms with Crippen LogP contribution in [-0.4, -0.2) is 28.8 Å². The predicted molar refractivity (Wildman–Crippen MR) is 91.8 cm³/mol. The van der Waals surface area contributed by atoms with Crippen molar-refractivity contribution in [1.82, 2.24) is 9.78 Å². The van der Waals surface area contributed by atoms with Crippen LogP contribution in [0.3, 0.4) is 0 Å². The molecule has 0 saturated heterocycles. The summed E-state index contributed by atoms with van der Waals surface area (Å²) in [4.78, 5) is 23.8. The highest BCUT2D eigenvalue weighted by molar-refractivity contribution is 7.14. The van der Waals surface area contributed by atoms with Gasteiger partial charge in [-0.15, -0.1) is 11.3 Å². The molecule has 9 heteroatoms. The molecule has 26 heavy (non-hydrogen) atoms. The van der Waals surface area contributed by atoms with Crippen molar-refractivity contribution in [2.24, 2.45) is 0 Å². The van der Waals surface area contributed by atoms with E-state index in [4.69, 9.17) is 0 Å². The molecule has 134 valence electrons. The number of hydrogen-bond donors (Lipinski definition) is 1. The molecule has 0 aliphatic heterocycles. The fraction of sp³-hybridized carbons (Fsp3) is 0.118. The maximum Gasteiger partial charge on any atom is 0.338 e. The van der Waals surface area contributed by atoms with E-state index in [1.54, 1.807) is 12.3 Å². The lowest BCUT2D eigenvalue weighted by Crippen LogP contribution is -2.12. The van der Waals surface area contributed by atoms with Gasteiger partial charge in [0.15, 0.2) is 11.5 Å². The zero-order valence-corrected chi connectivity index (χ0v) is 14.6. The average Bonchev–Trinajstić information content (AvgIpc) is 3.21. The van der Waals surface area contributed by atoms with E-state index in [2.05, 4.69) is 15.2 Å². The summed E-state index contributed by atoms with van der Waals surface area (Å²) in [6, 6.07) is 6.06. The first-order valence-electron chi connectivity index (χ1n) is 7.39. The van der Waals surface area contributed by atoms with E-state index < -0.39 is 23.5 Å². The van der Waals surface area contributed by atoms with Gasteiger partial charge in [-0.3, -0.25) is 4.79 Å². The van der Waals surface area contributed by atoms with E-state index in [1.165, 1.54) is 30.0 Å². The van der Waals surface area contributed by atoms with Crippen molar-refractivity contribution in [3.63, 3.8) is 0 Å². The second-order valence-corrected chi connectivity index (χ2v) is 6.24. The van der Waals surface area contributed by atoms with Gasteiger partial charge < -0.3 is 10.1 Å². The number of aryl methyl sites for hydroxylation is 1. The quantitative estimate of drug-likeness (QED) is 0.706. The average molecular weight is 377 g/mol. The summed E-state index contributed by atoms with van der Waals surface area (Å²) >= 11 is 1.16. The number of halogens is 2. The summed E-state index contributed by atoms with van der Waals surface area (Å²) < 4.78 is 32.8. The Labute approximate surface area is 151 Å². The maximum atomic E-state index is 13.9. The number of methoxy groups -OCH3 is 1. The van der Waals surface area contributed by atoms with Crippen LogP contribution in [0, 0.1) is 18.6 Å². The smallest absolute Gasteiger partial charge is 0.338 e. The molecular weight excluding hydrogens is 364 g/mol. The summed E-state index contributed by atoms with van der Waals surface area (Å²) in [5, 5.41) is 8.69. The molecule has 1 N–H and O–H groups in total. The third-order valence-electron chi connectivity index (χ3n) is 3.52. The highest BCUT2D eigenvalue weighted by Gasteiger charge is 2.17. The van der Waals surface area contributed by atoms with E-state index in [-0.39, 0.29) is 11.4 Å². The Morgan fingerprint density at radius 2 is 2.00 bits per heavy atom. The minimum absolute atomic E-state index is 0.0343. The Balaban J connectivity index is 1.83. The van der Waals surface area contributed by atoms with Gasteiger partial charge in [0.25, 0.3) is 5.91 Å². The number of rotatable bonds is 4. The molecule has 0 aliphatic rings. The Morgan fingerprint density at radius 1 is 1.23 bits per heavy atom. The molecule has 0 bridgehead atoms. The van der Waals surface area contributed by atoms with Gasteiger partial charge in [0.05, 0.1) is 17.7 Å². The minimum Gasteiger partial charge on any atom is -0.465 e. The van der Waals surface area contributed by atoms with E-state index in [0.717, 1.165) is 23.5 Å². The molecule has 0 radical (unpaired) electrons. The number of ether oxygens (including phenoxy) is 1. The first-order valence-corrected chi connectivity index (χ1v) is 8.27. The number of carbonyl (C=O) groups is 2. The molecule has 0 unspecified atom stereocenters. The van der Waals surface area contributed by atoms with Gasteiger partial charge in [-0.05, 0) is 31.2 Å². The zero-order valence-electron chi connectivity index (χ0n) is 13.7. The lowest BCUT2D eigenvalue weighted by atomic mass is 10.3. The van der Waals surface area contributed by atoms with Crippen LogP contribution < -0.4 is 5.32 Å². The topological polar surface area (TPSA) is 73.2 Å². The van der Waals surface area contributed by atoms with Crippen LogP contribution in [-0.2, 0) is 4.74 Å². The second-order valence-electron chi connectivity index (χ2n) is 5.32. The molecule has 0 fully saturated rings. The first-order chi connectivity index (χ1) is 12.4. The summed E-state index contributed by atoms with van der Waals surface area (Å²) in [5.74, 6) is -2.52. The Bertz CT molecular complexity index is 997. The zero-order chi connectivity index (χ0) is 18.8. The monoisotopic (exact) mass is 377 g/mol. The highest BCUT2D eigenvalue weighted by atomic mass is 32.1. The third kappa shape index (κ3) is 3.47. The molecule has 6 nitrogen and oxygen atoms in total. The van der Waals surface area contributed by atoms with Crippen LogP contribution in [0.5, 0.6) is 0 Å². The maximum absolute atomic E-state index is 13.9. The molecule has 3 aromatic rings. The van der Waals surface area contributed by atoms with Gasteiger partial charge in [0.2, 0.25) is 0 Å². The van der Waals surface area contributed by atoms with Gasteiger partial charge in [-0.1, -0.05) is 0 Å². The number of benzene rings is 1. The van der Waals surface area contributed by atoms with Crippen molar-refractivity contribution < 1.29 is 23.1 Å². The number of anilines is 1. The van der Waals surface area contributed by atoms with E-state index in [0.29, 0.717) is 16.3 Å². The molecule has 1 amide bonds. The molecule has 0 saturated carbocycles. The van der Waals surface area contributed by atoms with Gasteiger partial charge in [-0.2, -0.15) is 5.10 Å². The Kier molecular flexibility index (Phi) is 4.81. The Morgan fingerprint density at radius 3 is 2.69 bits per heavy atom. The third-order valence-corrected chi connectivity index (χ3v) is 4.36. The molecule has 1 aromatic carbocycles. The van der Waals surface area contributed by atoms with E-state index in [9.17, 15) is 18.4 Å². The number of esters is 1. The number of aromatic nitrogens is 2. The predicted octanol–water partition coefficient (Wildman–Crippen LogP) is 3.56. The molecule has 2 heterocycles. The fourth-order valence-electron chi connectivity index (χ4n) is 2.28. The summed E-state index contributed by atoms with van der Waals surface area (Å²) in [6.45, 7) is 1.65. The van der Waals surface area contributed by atoms with Crippen LogP contribution >= 0.6 is 11.3 Å². The van der Waals surface area contributed by atoms with Gasteiger partial charge in [0, 0.05) is 17.1 Å². The van der Waals surface area contributed by atoms with Crippen molar-refractivity contribution in [3.8, 4) is 5.69 Å². The molecule has 2 aromatic heterocycles. The lowest BCUT2D eigenvalue weighted by Gasteiger charge is -2.05. The van der Waals surface area contributed by atoms with Crippen molar-refractivity contribution in [3.05, 3.63) is 64.3 Å². The number of hydrogen-bond acceptors (Lipinski definition) is 5. The largest absolute Gasteiger partial charge is 0.465 e. The second kappa shape index (κ2) is 7.04. The molecule has 0 aliphatic carbocycles. The summed E-state index contributed by atoms with van der Waals surface area (Å²) in [6.07, 6.45) is 0. The van der Waals surface area contributed by atoms with E-state index in [1.807, 2.05) is 0 Å². The normalized spacial score (nSPS) is 10.6. The number of nitrogens with zero attached hydrogens (tertiary/aromatic N) is 2. The van der Waals surface area contributed by atoms with Gasteiger partial charge in [0.1, 0.15) is 11.5 Å². The summed E-state index contributed by atoms with van der Waals surface area (Å²) in [7, 11) is 1.27. The Hall–Kier alpha value is -3.07. The van der Waals surface area contributed by atoms with Crippen molar-refractivity contribution >= 4 is 28.2 Å². The van der Waals surface area contributed by atoms with Crippen LogP contribution in [0.15, 0.2) is 35.7 Å². The van der Waals surface area contributed by atoms with Crippen LogP contribution in [0.25, 0.3) is 5.69 Å². The lowest BCUT2D eigenvalue weighted by molar-refractivity contribution is 0.0601. The molecular formula is C17H13F2N3O3S. The van der Waals surface area contributed by atoms with Crippen LogP contribution in [0.4, 0.5) is 13.8 Å². The number of amides is 1. The molecule has 3 rings (SSSR count). The van der Waals surface area contributed by atoms with Crippen LogP contribution in [0.2, 0.25) is 0 Å². The minimum atomic E-state index is -0.788. The highest BCUT2D eigenvalue weighted by Crippen LogP contribution is 2.22. The van der Waals surface area contributed by atoms with Gasteiger partial charge >= 0.3 is 5.97 Å². The molecule has 0 atom stereocenters. The SMILES string of the molecule is COC(=O)c1csc(NC(=O)c2cc(C)n(-c3ccc(F)cc3F)n2)c1. The number of nitrogens with one attached hydrogen (secondary N) is 1. The fourth-order valence-corrected chi connectivity index (χ4v) is 3.05. The summed E-state index contributed by atoms with van der Waals surface area (Å²) in [5.41, 5.74) is 0.913. The molecule has 0 spiro atoms. The standard InChI is InChI=1S/C17H13F2N3O3S/c1-9-5-13(21-22(9)14-4-3-11(18)7-12(14)19)16(23)20-15-6-10(8-26-15)17(24)25-2/h3-8H,1-2H3,(H,20,23). The number of thiophene rings is 1. The number of carbonyl (C=O) groups excluding carboxylic acids is 2. The van der Waals surface area contributed by atoms with Crippen molar-refractivity contribution in [2.45, 2.75) is 6.92 Å². The van der Waals surface area contributed by atoms with Crippen molar-refractivity contribution in [2.75, 3.05) is 12.4 Å². The van der Waals surface area contributed by atoms with Crippen LogP contribution in [0.1, 0.15) is 26.5 Å². The first kappa shape index (κ1) is 17.7. The van der Waals surface area contributed by atoms with E-state index >= 15 is 0 Å². The van der Waals surface area contributed by atoms with Crippen molar-refractivity contribution in [1.29, 1.82) is 0 Å².